The number of rotatable bonds is 19. The molecule has 1 amide bonds. The van der Waals surface area contributed by atoms with Crippen molar-refractivity contribution in [2.45, 2.75) is 84.9 Å². The van der Waals surface area contributed by atoms with Crippen LogP contribution in [0.2, 0.25) is 5.02 Å². The van der Waals surface area contributed by atoms with Crippen molar-refractivity contribution in [1.82, 2.24) is 14.5 Å². The monoisotopic (exact) mass is 1050 g/mol. The zero-order valence-electron chi connectivity index (χ0n) is 40.1. The number of carbonyl (C=O) groups is 1. The number of sulfonamides is 1. The number of benzene rings is 5. The molecule has 0 unspecified atom stereocenters. The standard InChI is InChI=1S/C53H61Cl2F2N5O5S3/c1-38(2)59(5)29-27-45(37-68-46-14-10-7-11-15-46)62(44-12-8-6-9-13-44)49-25-24-47(34-50(49)69(64,65)53(55,56)57)70(66,67)58-51(63)40-18-22-43(23-19-40)61-32-30-60(31-33-61)36-41-26-28-52(3,4)35-48(41)39-16-20-42(54)21-17-39/h6-25,34,38,45H,26-33,35-37H2,1-5H3,(H,58,63)/t45-/m1/s1. The Morgan fingerprint density at radius 3 is 2.10 bits per heavy atom. The number of nitrogens with zero attached hydrogens (tertiary/aromatic N) is 4. The summed E-state index contributed by atoms with van der Waals surface area (Å²) >= 11 is 13.1. The number of allylic oxidation sites excluding steroid dienone is 1. The number of alkyl halides is 3. The second-order valence-electron chi connectivity index (χ2n) is 19.1. The van der Waals surface area contributed by atoms with Gasteiger partial charge in [-0.15, -0.1) is 11.8 Å². The molecule has 70 heavy (non-hydrogen) atoms. The van der Waals surface area contributed by atoms with Gasteiger partial charge in [-0.1, -0.05) is 79.6 Å². The molecule has 1 aliphatic carbocycles. The summed E-state index contributed by atoms with van der Waals surface area (Å²) in [7, 11) is -8.60. The van der Waals surface area contributed by atoms with Gasteiger partial charge in [0.05, 0.1) is 15.5 Å². The van der Waals surface area contributed by atoms with E-state index in [0.717, 1.165) is 73.7 Å². The second-order valence-corrected chi connectivity index (χ2v) is 25.0. The first-order valence-corrected chi connectivity index (χ1v) is 28.1. The molecule has 1 fully saturated rings. The van der Waals surface area contributed by atoms with Gasteiger partial charge in [0.1, 0.15) is 0 Å². The maximum atomic E-state index is 15.1. The van der Waals surface area contributed by atoms with Gasteiger partial charge in [0.2, 0.25) is 0 Å². The lowest BCUT2D eigenvalue weighted by atomic mass is 9.72. The van der Waals surface area contributed by atoms with Crippen molar-refractivity contribution in [3.05, 3.63) is 149 Å². The molecule has 374 valence electrons. The van der Waals surface area contributed by atoms with E-state index in [1.807, 2.05) is 68.1 Å². The van der Waals surface area contributed by atoms with Crippen molar-refractivity contribution in [2.24, 2.45) is 5.41 Å². The Hall–Kier alpha value is -4.48. The van der Waals surface area contributed by atoms with Gasteiger partial charge in [0.15, 0.2) is 0 Å². The first kappa shape index (κ1) is 53.3. The number of thioether (sulfide) groups is 1. The van der Waals surface area contributed by atoms with E-state index >= 15 is 8.78 Å². The van der Waals surface area contributed by atoms with Crippen LogP contribution in [0.15, 0.2) is 148 Å². The first-order valence-electron chi connectivity index (χ1n) is 23.4. The van der Waals surface area contributed by atoms with Crippen molar-refractivity contribution >= 4 is 83.4 Å². The number of anilines is 3. The zero-order valence-corrected chi connectivity index (χ0v) is 44.1. The van der Waals surface area contributed by atoms with Gasteiger partial charge in [0, 0.05) is 84.0 Å². The molecular formula is C53H61Cl2F2N5O5S3. The van der Waals surface area contributed by atoms with E-state index in [4.69, 9.17) is 23.2 Å². The fourth-order valence-corrected chi connectivity index (χ4v) is 12.4. The topological polar surface area (TPSA) is 110 Å². The number of carbonyl (C=O) groups excluding carboxylic acids is 1. The van der Waals surface area contributed by atoms with Crippen LogP contribution in [0, 0.1) is 5.41 Å². The van der Waals surface area contributed by atoms with Gasteiger partial charge < -0.3 is 14.7 Å². The maximum Gasteiger partial charge on any atom is 0.427 e. The summed E-state index contributed by atoms with van der Waals surface area (Å²) in [6.45, 7) is 13.3. The quantitative estimate of drug-likeness (QED) is 0.0634. The number of sulfone groups is 1. The predicted octanol–water partition coefficient (Wildman–Crippen LogP) is 11.8. The van der Waals surface area contributed by atoms with E-state index in [-0.39, 0.29) is 22.7 Å². The van der Waals surface area contributed by atoms with E-state index < -0.39 is 46.3 Å². The first-order chi connectivity index (χ1) is 33.1. The van der Waals surface area contributed by atoms with Gasteiger partial charge in [-0.3, -0.25) is 9.69 Å². The van der Waals surface area contributed by atoms with E-state index in [0.29, 0.717) is 30.5 Å². The Bertz CT molecular complexity index is 2840. The van der Waals surface area contributed by atoms with Gasteiger partial charge in [0.25, 0.3) is 25.8 Å². The lowest BCUT2D eigenvalue weighted by Gasteiger charge is -2.39. The molecule has 10 nitrogen and oxygen atoms in total. The van der Waals surface area contributed by atoms with Gasteiger partial charge in [-0.25, -0.2) is 21.6 Å². The van der Waals surface area contributed by atoms with Crippen molar-refractivity contribution < 1.29 is 30.4 Å². The molecule has 1 atom stereocenters. The highest BCUT2D eigenvalue weighted by molar-refractivity contribution is 7.99. The highest BCUT2D eigenvalue weighted by Crippen LogP contribution is 2.45. The van der Waals surface area contributed by atoms with Gasteiger partial charge >= 0.3 is 4.71 Å². The normalized spacial score (nSPS) is 16.4. The zero-order chi connectivity index (χ0) is 50.4. The molecule has 5 aromatic carbocycles. The van der Waals surface area contributed by atoms with Crippen molar-refractivity contribution in [3.8, 4) is 0 Å². The SMILES string of the molecule is CC(C)N(C)CC[C@H](CSc1ccccc1)N(c1ccccc1)c1ccc(S(=O)(=O)NC(=O)c2ccc(N3CCN(CC4=C(c5ccc(Cl)cc5)CC(C)(C)CC4)CC3)cc2)cc1S(=O)(=O)C(F)(F)Cl. The highest BCUT2D eigenvalue weighted by atomic mass is 35.5. The molecule has 1 heterocycles. The Morgan fingerprint density at radius 1 is 0.857 bits per heavy atom. The number of amides is 1. The summed E-state index contributed by atoms with van der Waals surface area (Å²) in [5.41, 5.74) is 5.49. The van der Waals surface area contributed by atoms with E-state index in [1.54, 1.807) is 47.4 Å². The van der Waals surface area contributed by atoms with Crippen LogP contribution >= 0.6 is 35.0 Å². The van der Waals surface area contributed by atoms with Crippen molar-refractivity contribution in [3.63, 3.8) is 0 Å². The van der Waals surface area contributed by atoms with Gasteiger partial charge in [-0.2, -0.15) is 8.78 Å². The summed E-state index contributed by atoms with van der Waals surface area (Å²) in [6.07, 6.45) is 3.64. The number of nitrogens with one attached hydrogen (secondary N) is 1. The molecule has 0 bridgehead atoms. The molecule has 0 radical (unpaired) electrons. The highest BCUT2D eigenvalue weighted by Gasteiger charge is 2.47. The fourth-order valence-electron chi connectivity index (χ4n) is 8.90. The predicted molar refractivity (Wildman–Crippen MR) is 282 cm³/mol. The summed E-state index contributed by atoms with van der Waals surface area (Å²) in [4.78, 5) is 21.3. The lowest BCUT2D eigenvalue weighted by molar-refractivity contribution is 0.0981. The minimum Gasteiger partial charge on any atom is -0.369 e. The summed E-state index contributed by atoms with van der Waals surface area (Å²) in [5.74, 6) is -0.581. The maximum absolute atomic E-state index is 15.1. The molecule has 1 saturated heterocycles. The molecule has 0 spiro atoms. The van der Waals surface area contributed by atoms with Crippen LogP contribution in [-0.2, 0) is 19.9 Å². The van der Waals surface area contributed by atoms with E-state index in [1.165, 1.54) is 46.7 Å². The van der Waals surface area contributed by atoms with Crippen LogP contribution in [-0.4, -0.2) is 101 Å². The minimum absolute atomic E-state index is 0.0324. The molecule has 0 aromatic heterocycles. The Balaban J connectivity index is 1.10. The molecular weight excluding hydrogens is 992 g/mol. The Labute approximate surface area is 427 Å². The average Bonchev–Trinajstić information content (AvgIpc) is 3.33. The van der Waals surface area contributed by atoms with E-state index in [9.17, 15) is 21.6 Å². The van der Waals surface area contributed by atoms with Crippen LogP contribution < -0.4 is 14.5 Å². The van der Waals surface area contributed by atoms with Gasteiger partial charge in [-0.05, 0) is 154 Å². The van der Waals surface area contributed by atoms with Crippen LogP contribution in [0.1, 0.15) is 69.3 Å². The number of para-hydroxylation sites is 1. The smallest absolute Gasteiger partial charge is 0.369 e. The third kappa shape index (κ3) is 13.1. The molecule has 1 aliphatic heterocycles. The Morgan fingerprint density at radius 2 is 1.49 bits per heavy atom. The lowest BCUT2D eigenvalue weighted by Crippen LogP contribution is -2.47. The molecule has 0 saturated carbocycles. The number of halogens is 4. The number of piperazine rings is 1. The summed E-state index contributed by atoms with van der Waals surface area (Å²) in [5, 5.41) is 0.719. The van der Waals surface area contributed by atoms with Crippen LogP contribution in [0.3, 0.4) is 0 Å². The van der Waals surface area contributed by atoms with Crippen LogP contribution in [0.25, 0.3) is 5.57 Å². The van der Waals surface area contributed by atoms with Crippen LogP contribution in [0.4, 0.5) is 25.8 Å². The third-order valence-corrected chi connectivity index (χ3v) is 18.1. The van der Waals surface area contributed by atoms with Crippen LogP contribution in [0.5, 0.6) is 0 Å². The second kappa shape index (κ2) is 22.5. The van der Waals surface area contributed by atoms with Crippen molar-refractivity contribution in [1.29, 1.82) is 0 Å². The minimum atomic E-state index is -5.73. The number of hydrogen-bond donors (Lipinski definition) is 1. The van der Waals surface area contributed by atoms with Crippen molar-refractivity contribution in [2.75, 3.05) is 61.9 Å². The fraction of sp³-hybridized carbons (Fsp3) is 0.377. The molecule has 2 aliphatic rings. The molecule has 7 rings (SSSR count). The molecule has 5 aromatic rings. The number of hydrogen-bond acceptors (Lipinski definition) is 10. The summed E-state index contributed by atoms with van der Waals surface area (Å²) in [6, 6.07) is 35.6. The largest absolute Gasteiger partial charge is 0.427 e. The summed E-state index contributed by atoms with van der Waals surface area (Å²) < 4.78 is 83.1. The van der Waals surface area contributed by atoms with E-state index in [2.05, 4.69) is 40.7 Å². The molecule has 1 N–H and O–H groups in total. The third-order valence-electron chi connectivity index (χ3n) is 13.3. The average molecular weight is 1050 g/mol. The Kier molecular flexibility index (Phi) is 17.2. The molecule has 17 heteroatoms.